The maximum absolute atomic E-state index is 13.5. The van der Waals surface area contributed by atoms with E-state index >= 15 is 0 Å². The van der Waals surface area contributed by atoms with Gasteiger partial charge in [-0.1, -0.05) is 24.3 Å². The highest BCUT2D eigenvalue weighted by Crippen LogP contribution is 2.25. The number of benzene rings is 3. The minimum absolute atomic E-state index is 0.0602. The number of hydrogen-bond donors (Lipinski definition) is 1. The second-order valence-corrected chi connectivity index (χ2v) is 9.40. The van der Waals surface area contributed by atoms with Crippen LogP contribution >= 0.6 is 0 Å². The summed E-state index contributed by atoms with van der Waals surface area (Å²) in [5, 5.41) is 2.76. The second kappa shape index (κ2) is 11.8. The molecule has 0 atom stereocenters. The van der Waals surface area contributed by atoms with Crippen LogP contribution in [0.2, 0.25) is 0 Å². The summed E-state index contributed by atoms with van der Waals surface area (Å²) < 4.78 is 28.6. The van der Waals surface area contributed by atoms with Crippen molar-refractivity contribution in [1.82, 2.24) is 14.5 Å². The van der Waals surface area contributed by atoms with Crippen molar-refractivity contribution in [2.45, 2.75) is 33.2 Å². The summed E-state index contributed by atoms with van der Waals surface area (Å²) in [5.74, 6) is -1.41. The van der Waals surface area contributed by atoms with Crippen LogP contribution in [-0.4, -0.2) is 44.6 Å². The monoisotopic (exact) mass is 530 g/mol. The average molecular weight is 531 g/mol. The van der Waals surface area contributed by atoms with Crippen molar-refractivity contribution in [2.75, 3.05) is 11.9 Å². The van der Waals surface area contributed by atoms with E-state index in [9.17, 15) is 23.2 Å². The van der Waals surface area contributed by atoms with Gasteiger partial charge in [-0.3, -0.25) is 24.3 Å². The molecule has 1 aromatic heterocycles. The molecule has 0 aliphatic carbocycles. The normalized spacial score (nSPS) is 10.9. The fourth-order valence-corrected chi connectivity index (χ4v) is 4.04. The first-order valence-corrected chi connectivity index (χ1v) is 12.4. The maximum atomic E-state index is 13.5. The standard InChI is InChI=1S/C30H28F2N4O3/c1-19(2)35(29(39)16-21-4-6-22(7-5-21)20(3)37)18-28(38)34-30-33-27(23-8-10-24(31)11-9-23)17-36(30)26-14-12-25(32)13-15-26/h4-15,17,19H,16,18H2,1-3H3,(H,33,34,38). The van der Waals surface area contributed by atoms with Crippen molar-refractivity contribution in [1.29, 1.82) is 0 Å². The lowest BCUT2D eigenvalue weighted by atomic mass is 10.1. The van der Waals surface area contributed by atoms with Crippen molar-refractivity contribution in [3.8, 4) is 16.9 Å². The van der Waals surface area contributed by atoms with Gasteiger partial charge < -0.3 is 4.90 Å². The molecule has 0 unspecified atom stereocenters. The number of carbonyl (C=O) groups excluding carboxylic acids is 3. The van der Waals surface area contributed by atoms with Crippen LogP contribution in [0.4, 0.5) is 14.7 Å². The first kappa shape index (κ1) is 27.4. The summed E-state index contributed by atoms with van der Waals surface area (Å²) in [6.07, 6.45) is 1.73. The molecule has 4 rings (SSSR count). The third kappa shape index (κ3) is 6.81. The van der Waals surface area contributed by atoms with Gasteiger partial charge in [0, 0.05) is 29.1 Å². The van der Waals surface area contributed by atoms with E-state index in [2.05, 4.69) is 10.3 Å². The number of nitrogens with zero attached hydrogens (tertiary/aromatic N) is 3. The third-order valence-corrected chi connectivity index (χ3v) is 6.18. The highest BCUT2D eigenvalue weighted by Gasteiger charge is 2.22. The van der Waals surface area contributed by atoms with E-state index in [0.717, 1.165) is 5.56 Å². The minimum Gasteiger partial charge on any atom is -0.331 e. The molecule has 200 valence electrons. The van der Waals surface area contributed by atoms with Crippen LogP contribution in [0.3, 0.4) is 0 Å². The van der Waals surface area contributed by atoms with Crippen LogP contribution in [0.1, 0.15) is 36.7 Å². The maximum Gasteiger partial charge on any atom is 0.246 e. The number of amides is 2. The molecule has 3 aromatic carbocycles. The second-order valence-electron chi connectivity index (χ2n) is 9.40. The summed E-state index contributed by atoms with van der Waals surface area (Å²) in [5.41, 5.74) is 2.94. The van der Waals surface area contributed by atoms with Gasteiger partial charge in [-0.25, -0.2) is 13.8 Å². The Morgan fingerprint density at radius 1 is 0.897 bits per heavy atom. The summed E-state index contributed by atoms with van der Waals surface area (Å²) in [6.45, 7) is 4.89. The molecule has 0 saturated heterocycles. The fourth-order valence-electron chi connectivity index (χ4n) is 4.04. The number of nitrogens with one attached hydrogen (secondary N) is 1. The van der Waals surface area contributed by atoms with Gasteiger partial charge in [0.2, 0.25) is 17.8 Å². The topological polar surface area (TPSA) is 84.3 Å². The minimum atomic E-state index is -0.469. The van der Waals surface area contributed by atoms with Crippen molar-refractivity contribution >= 4 is 23.5 Å². The molecule has 0 aliphatic rings. The number of hydrogen-bond acceptors (Lipinski definition) is 4. The highest BCUT2D eigenvalue weighted by atomic mass is 19.1. The van der Waals surface area contributed by atoms with Crippen molar-refractivity contribution < 1.29 is 23.2 Å². The van der Waals surface area contributed by atoms with Gasteiger partial charge in [-0.2, -0.15) is 0 Å². The Bertz CT molecular complexity index is 1480. The zero-order chi connectivity index (χ0) is 28.1. The average Bonchev–Trinajstić information content (AvgIpc) is 3.31. The van der Waals surface area contributed by atoms with Gasteiger partial charge >= 0.3 is 0 Å². The summed E-state index contributed by atoms with van der Waals surface area (Å²) >= 11 is 0. The van der Waals surface area contributed by atoms with Gasteiger partial charge in [0.1, 0.15) is 18.2 Å². The van der Waals surface area contributed by atoms with Crippen LogP contribution < -0.4 is 5.32 Å². The largest absolute Gasteiger partial charge is 0.331 e. The fraction of sp³-hybridized carbons (Fsp3) is 0.200. The van der Waals surface area contributed by atoms with Gasteiger partial charge in [-0.15, -0.1) is 0 Å². The summed E-state index contributed by atoms with van der Waals surface area (Å²) in [7, 11) is 0. The SMILES string of the molecule is CC(=O)c1ccc(CC(=O)N(CC(=O)Nc2nc(-c3ccc(F)cc3)cn2-c2ccc(F)cc2)C(C)C)cc1. The zero-order valence-corrected chi connectivity index (χ0v) is 21.8. The molecule has 1 heterocycles. The molecule has 39 heavy (non-hydrogen) atoms. The number of anilines is 1. The Morgan fingerprint density at radius 2 is 1.49 bits per heavy atom. The van der Waals surface area contributed by atoms with Crippen LogP contribution in [0.15, 0.2) is 79.0 Å². The molecule has 1 N–H and O–H groups in total. The van der Waals surface area contributed by atoms with E-state index < -0.39 is 17.5 Å². The quantitative estimate of drug-likeness (QED) is 0.292. The van der Waals surface area contributed by atoms with E-state index in [1.807, 2.05) is 13.8 Å². The molecular formula is C30H28F2N4O3. The molecule has 2 amide bonds. The number of imidazole rings is 1. The summed E-state index contributed by atoms with van der Waals surface area (Å²) in [6, 6.07) is 18.0. The Balaban J connectivity index is 1.54. The predicted octanol–water partition coefficient (Wildman–Crippen LogP) is 5.44. The van der Waals surface area contributed by atoms with Gasteiger partial charge in [0.05, 0.1) is 12.1 Å². The molecule has 9 heteroatoms. The lowest BCUT2D eigenvalue weighted by Crippen LogP contribution is -2.43. The lowest BCUT2D eigenvalue weighted by molar-refractivity contribution is -0.135. The predicted molar refractivity (Wildman–Crippen MR) is 145 cm³/mol. The van der Waals surface area contributed by atoms with Gasteiger partial charge in [0.15, 0.2) is 5.78 Å². The molecule has 7 nitrogen and oxygen atoms in total. The molecule has 0 aliphatic heterocycles. The highest BCUT2D eigenvalue weighted by molar-refractivity contribution is 5.95. The zero-order valence-electron chi connectivity index (χ0n) is 21.8. The van der Waals surface area contributed by atoms with Crippen LogP contribution in [0.25, 0.3) is 16.9 Å². The Morgan fingerprint density at radius 3 is 2.05 bits per heavy atom. The molecule has 0 spiro atoms. The van der Waals surface area contributed by atoms with Crippen molar-refractivity contribution in [3.63, 3.8) is 0 Å². The number of halogens is 2. The van der Waals surface area contributed by atoms with Gasteiger partial charge in [0.25, 0.3) is 0 Å². The lowest BCUT2D eigenvalue weighted by Gasteiger charge is -2.26. The van der Waals surface area contributed by atoms with E-state index in [-0.39, 0.29) is 36.6 Å². The van der Waals surface area contributed by atoms with E-state index in [4.69, 9.17) is 0 Å². The van der Waals surface area contributed by atoms with Crippen molar-refractivity contribution in [3.05, 3.63) is 102 Å². The number of carbonyl (C=O) groups is 3. The molecule has 0 fully saturated rings. The van der Waals surface area contributed by atoms with E-state index in [1.165, 1.54) is 36.1 Å². The van der Waals surface area contributed by atoms with Crippen molar-refractivity contribution in [2.24, 2.45) is 0 Å². The van der Waals surface area contributed by atoms with Crippen LogP contribution in [0.5, 0.6) is 0 Å². The van der Waals surface area contributed by atoms with E-state index in [0.29, 0.717) is 22.5 Å². The Kier molecular flexibility index (Phi) is 8.29. The first-order chi connectivity index (χ1) is 18.6. The molecule has 4 aromatic rings. The third-order valence-electron chi connectivity index (χ3n) is 6.18. The number of aromatic nitrogens is 2. The van der Waals surface area contributed by atoms with E-state index in [1.54, 1.807) is 59.3 Å². The number of Topliss-reactive ketones (excluding diaryl/α,β-unsaturated/α-hetero) is 1. The first-order valence-electron chi connectivity index (χ1n) is 12.4. The Hall–Kier alpha value is -4.66. The molecule has 0 radical (unpaired) electrons. The molecular weight excluding hydrogens is 502 g/mol. The molecule has 0 bridgehead atoms. The Labute approximate surface area is 225 Å². The summed E-state index contributed by atoms with van der Waals surface area (Å²) in [4.78, 5) is 43.7. The smallest absolute Gasteiger partial charge is 0.246 e. The van der Waals surface area contributed by atoms with Crippen LogP contribution in [0, 0.1) is 11.6 Å². The number of rotatable bonds is 9. The molecule has 0 saturated carbocycles. The van der Waals surface area contributed by atoms with Crippen LogP contribution in [-0.2, 0) is 16.0 Å². The number of ketones is 1. The van der Waals surface area contributed by atoms with Gasteiger partial charge in [-0.05, 0) is 74.9 Å².